The zero-order valence-electron chi connectivity index (χ0n) is 39.4. The van der Waals surface area contributed by atoms with Gasteiger partial charge in [0.2, 0.25) is 0 Å². The predicted molar refractivity (Wildman–Crippen MR) is 266 cm³/mol. The zero-order chi connectivity index (χ0) is 43.2. The second kappa shape index (κ2) is 17.9. The molecule has 0 unspecified atom stereocenters. The second-order valence-corrected chi connectivity index (χ2v) is 23.8. The monoisotopic (exact) mass is 856 g/mol. The molecule has 0 nitrogen and oxygen atoms in total. The second-order valence-electron chi connectivity index (χ2n) is 20.9. The standard InChI is InChI=1S/C56H74BrP/c1-33(2)41-27-46(35(5)6)52(47(28-41)36(7)8)58(53-48(37(9)10)29-42(34(3)4)30-49(53)38(11)12)54-50(39-19-23-43(24-20-39)55(13,14)15)31-45(57)32-51(54)40-21-25-44(26-22-40)56(16,17)18/h19-38H,1-18H3. The van der Waals surface area contributed by atoms with Crippen LogP contribution in [-0.2, 0) is 10.8 Å². The van der Waals surface area contributed by atoms with Crippen LogP contribution < -0.4 is 15.9 Å². The smallest absolute Gasteiger partial charge is 0.0188 e. The average molecular weight is 858 g/mol. The zero-order valence-corrected chi connectivity index (χ0v) is 41.9. The molecular formula is C56H74BrP. The number of hydrogen-bond acceptors (Lipinski definition) is 0. The molecule has 0 saturated carbocycles. The van der Waals surface area contributed by atoms with E-state index in [1.54, 1.807) is 10.6 Å². The van der Waals surface area contributed by atoms with Gasteiger partial charge in [0.05, 0.1) is 0 Å². The van der Waals surface area contributed by atoms with Crippen molar-refractivity contribution in [3.8, 4) is 22.3 Å². The van der Waals surface area contributed by atoms with Crippen LogP contribution in [0, 0.1) is 0 Å². The van der Waals surface area contributed by atoms with E-state index < -0.39 is 7.92 Å². The number of rotatable bonds is 11. The van der Waals surface area contributed by atoms with Crippen LogP contribution in [0.1, 0.15) is 205 Å². The summed E-state index contributed by atoms with van der Waals surface area (Å²) in [4.78, 5) is 0. The van der Waals surface area contributed by atoms with E-state index in [1.807, 2.05) is 0 Å². The van der Waals surface area contributed by atoms with Crippen LogP contribution in [0.2, 0.25) is 0 Å². The molecule has 0 fully saturated rings. The van der Waals surface area contributed by atoms with Crippen LogP contribution in [0.25, 0.3) is 22.3 Å². The Morgan fingerprint density at radius 2 is 0.655 bits per heavy atom. The summed E-state index contributed by atoms with van der Waals surface area (Å²) in [6.07, 6.45) is 0. The van der Waals surface area contributed by atoms with Crippen LogP contribution in [0.4, 0.5) is 0 Å². The molecule has 0 heterocycles. The number of hydrogen-bond donors (Lipinski definition) is 0. The molecule has 0 aliphatic heterocycles. The fourth-order valence-electron chi connectivity index (χ4n) is 8.27. The van der Waals surface area contributed by atoms with Gasteiger partial charge in [-0.15, -0.1) is 0 Å². The molecule has 0 radical (unpaired) electrons. The SMILES string of the molecule is CC(C)c1cc(C(C)C)c(P(c2c(-c3ccc(C(C)(C)C)cc3)cc(Br)cc2-c2ccc(C(C)(C)C)cc2)c2c(C(C)C)cc(C(C)C)cc2C(C)C)c(C(C)C)c1. The van der Waals surface area contributed by atoms with Gasteiger partial charge >= 0.3 is 0 Å². The summed E-state index contributed by atoms with van der Waals surface area (Å²) in [5.74, 6) is 2.32. The van der Waals surface area contributed by atoms with Crippen LogP contribution >= 0.6 is 23.9 Å². The van der Waals surface area contributed by atoms with E-state index in [9.17, 15) is 0 Å². The maximum atomic E-state index is 4.10. The lowest BCUT2D eigenvalue weighted by molar-refractivity contribution is 0.590. The lowest BCUT2D eigenvalue weighted by Crippen LogP contribution is -2.34. The molecule has 0 bridgehead atoms. The quantitative estimate of drug-likeness (QED) is 0.116. The topological polar surface area (TPSA) is 0 Å². The molecule has 310 valence electrons. The maximum absolute atomic E-state index is 4.10. The third kappa shape index (κ3) is 9.79. The van der Waals surface area contributed by atoms with Gasteiger partial charge < -0.3 is 0 Å². The Morgan fingerprint density at radius 1 is 0.379 bits per heavy atom. The van der Waals surface area contributed by atoms with Gasteiger partial charge in [-0.25, -0.2) is 0 Å². The minimum absolute atomic E-state index is 0.0677. The van der Waals surface area contributed by atoms with E-state index in [0.29, 0.717) is 35.5 Å². The summed E-state index contributed by atoms with van der Waals surface area (Å²) in [6.45, 7) is 42.7. The van der Waals surface area contributed by atoms with Gasteiger partial charge in [0.25, 0.3) is 0 Å². The first-order valence-electron chi connectivity index (χ1n) is 22.1. The molecule has 2 heteroatoms. The van der Waals surface area contributed by atoms with Crippen LogP contribution in [0.15, 0.2) is 89.4 Å². The molecule has 0 saturated heterocycles. The van der Waals surface area contributed by atoms with Gasteiger partial charge in [-0.2, -0.15) is 0 Å². The lowest BCUT2D eigenvalue weighted by atomic mass is 9.85. The van der Waals surface area contributed by atoms with Crippen molar-refractivity contribution in [2.45, 2.75) is 171 Å². The van der Waals surface area contributed by atoms with Crippen molar-refractivity contribution in [3.63, 3.8) is 0 Å². The molecule has 5 rings (SSSR count). The van der Waals surface area contributed by atoms with Gasteiger partial charge in [0.15, 0.2) is 0 Å². The fourth-order valence-corrected chi connectivity index (χ4v) is 12.6. The summed E-state index contributed by atoms with van der Waals surface area (Å²) >= 11 is 4.10. The lowest BCUT2D eigenvalue weighted by Gasteiger charge is -2.36. The van der Waals surface area contributed by atoms with Gasteiger partial charge in [-0.05, 0) is 144 Å². The summed E-state index contributed by atoms with van der Waals surface area (Å²) < 4.78 is 1.11. The van der Waals surface area contributed by atoms with Crippen molar-refractivity contribution in [1.29, 1.82) is 0 Å². The van der Waals surface area contributed by atoms with Crippen molar-refractivity contribution in [2.24, 2.45) is 0 Å². The summed E-state index contributed by atoms with van der Waals surface area (Å²) in [7, 11) is -1.10. The average Bonchev–Trinajstić information content (AvgIpc) is 3.13. The molecular weight excluding hydrogens is 783 g/mol. The van der Waals surface area contributed by atoms with E-state index in [4.69, 9.17) is 0 Å². The first-order valence-corrected chi connectivity index (χ1v) is 24.3. The number of halogens is 1. The van der Waals surface area contributed by atoms with Crippen molar-refractivity contribution in [2.75, 3.05) is 0 Å². The van der Waals surface area contributed by atoms with Gasteiger partial charge in [0, 0.05) is 9.78 Å². The molecule has 58 heavy (non-hydrogen) atoms. The van der Waals surface area contributed by atoms with Crippen molar-refractivity contribution >= 4 is 39.8 Å². The summed E-state index contributed by atoms with van der Waals surface area (Å²) in [5.41, 5.74) is 17.0. The third-order valence-corrected chi connectivity index (χ3v) is 15.4. The molecule has 0 spiro atoms. The third-order valence-electron chi connectivity index (χ3n) is 12.1. The van der Waals surface area contributed by atoms with E-state index in [0.717, 1.165) is 4.47 Å². The highest BCUT2D eigenvalue weighted by Crippen LogP contribution is 2.50. The first-order chi connectivity index (χ1) is 26.9. The van der Waals surface area contributed by atoms with E-state index in [2.05, 4.69) is 225 Å². The molecule has 0 aliphatic carbocycles. The highest BCUT2D eigenvalue weighted by Gasteiger charge is 2.35. The van der Waals surface area contributed by atoms with Crippen LogP contribution in [-0.4, -0.2) is 0 Å². The maximum Gasteiger partial charge on any atom is 0.0188 e. The Kier molecular flexibility index (Phi) is 14.2. The van der Waals surface area contributed by atoms with Crippen molar-refractivity contribution in [3.05, 3.63) is 134 Å². The number of benzene rings is 5. The Balaban J connectivity index is 2.14. The first kappa shape index (κ1) is 46.1. The van der Waals surface area contributed by atoms with Gasteiger partial charge in [-0.3, -0.25) is 0 Å². The summed E-state index contributed by atoms with van der Waals surface area (Å²) in [6, 6.07) is 34.3. The summed E-state index contributed by atoms with van der Waals surface area (Å²) in [5, 5.41) is 4.59. The van der Waals surface area contributed by atoms with Gasteiger partial charge in [-0.1, -0.05) is 213 Å². The van der Waals surface area contributed by atoms with Crippen LogP contribution in [0.3, 0.4) is 0 Å². The highest BCUT2D eigenvalue weighted by molar-refractivity contribution is 9.10. The van der Waals surface area contributed by atoms with E-state index in [-0.39, 0.29) is 10.8 Å². The molecule has 0 N–H and O–H groups in total. The fraction of sp³-hybridized carbons (Fsp3) is 0.464. The molecule has 0 atom stereocenters. The highest BCUT2D eigenvalue weighted by atomic mass is 79.9. The van der Waals surface area contributed by atoms with E-state index in [1.165, 1.54) is 72.1 Å². The minimum atomic E-state index is -1.10. The molecule has 0 aromatic heterocycles. The molecule has 0 aliphatic rings. The molecule has 0 amide bonds. The Hall–Kier alpha value is -2.99. The Bertz CT molecular complexity index is 1980. The van der Waals surface area contributed by atoms with E-state index >= 15 is 0 Å². The molecule has 5 aromatic rings. The van der Waals surface area contributed by atoms with Crippen LogP contribution in [0.5, 0.6) is 0 Å². The predicted octanol–water partition coefficient (Wildman–Crippen LogP) is 16.9. The normalized spacial score (nSPS) is 12.8. The van der Waals surface area contributed by atoms with Crippen molar-refractivity contribution in [1.82, 2.24) is 0 Å². The Morgan fingerprint density at radius 3 is 0.879 bits per heavy atom. The molecule has 5 aromatic carbocycles. The minimum Gasteiger partial charge on any atom is -0.0587 e. The largest absolute Gasteiger partial charge is 0.0587 e. The van der Waals surface area contributed by atoms with Gasteiger partial charge in [0.1, 0.15) is 0 Å². The Labute approximate surface area is 365 Å². The van der Waals surface area contributed by atoms with Crippen molar-refractivity contribution < 1.29 is 0 Å².